The van der Waals surface area contributed by atoms with Gasteiger partial charge in [-0.25, -0.2) is 4.39 Å². The van der Waals surface area contributed by atoms with E-state index in [-0.39, 0.29) is 41.8 Å². The second kappa shape index (κ2) is 6.98. The summed E-state index contributed by atoms with van der Waals surface area (Å²) >= 11 is 6.18. The Morgan fingerprint density at radius 2 is 2.17 bits per heavy atom. The summed E-state index contributed by atoms with van der Waals surface area (Å²) in [5, 5.41) is 4.05. The summed E-state index contributed by atoms with van der Waals surface area (Å²) in [5.41, 5.74) is 1.20. The lowest BCUT2D eigenvalue weighted by molar-refractivity contribution is 0.151. The van der Waals surface area contributed by atoms with Crippen molar-refractivity contribution in [2.75, 3.05) is 20.1 Å². The first-order valence-corrected chi connectivity index (χ1v) is 8.92. The molecule has 0 aromatic heterocycles. The Morgan fingerprint density at radius 3 is 2.75 bits per heavy atom. The maximum absolute atomic E-state index is 14.0. The molecule has 0 radical (unpaired) electrons. The van der Waals surface area contributed by atoms with E-state index in [4.69, 9.17) is 11.6 Å². The molecule has 2 unspecified atom stereocenters. The molecule has 2 saturated carbocycles. The van der Waals surface area contributed by atoms with Crippen LogP contribution in [0.15, 0.2) is 23.2 Å². The van der Waals surface area contributed by atoms with Crippen LogP contribution in [0, 0.1) is 11.2 Å². The van der Waals surface area contributed by atoms with Gasteiger partial charge in [-0.1, -0.05) is 24.1 Å². The lowest BCUT2D eigenvalue weighted by Crippen LogP contribution is -2.43. The number of benzene rings is 1. The predicted octanol–water partition coefficient (Wildman–Crippen LogP) is 4.40. The first-order valence-electron chi connectivity index (χ1n) is 8.54. The van der Waals surface area contributed by atoms with Gasteiger partial charge in [0.05, 0.1) is 0 Å². The molecule has 3 nitrogen and oxygen atoms in total. The van der Waals surface area contributed by atoms with Crippen LogP contribution >= 0.6 is 35.6 Å². The fourth-order valence-corrected chi connectivity index (χ4v) is 4.51. The molecule has 1 aliphatic heterocycles. The van der Waals surface area contributed by atoms with Crippen LogP contribution in [0.2, 0.25) is 5.02 Å². The third-order valence-corrected chi connectivity index (χ3v) is 6.17. The van der Waals surface area contributed by atoms with Gasteiger partial charge >= 0.3 is 0 Å². The Morgan fingerprint density at radius 1 is 1.38 bits per heavy atom. The maximum atomic E-state index is 14.0. The van der Waals surface area contributed by atoms with E-state index in [0.717, 1.165) is 25.5 Å². The minimum atomic E-state index is -0.198. The van der Waals surface area contributed by atoms with Gasteiger partial charge in [0.25, 0.3) is 0 Å². The highest BCUT2D eigenvalue weighted by Gasteiger charge is 2.46. The lowest BCUT2D eigenvalue weighted by Gasteiger charge is -2.38. The van der Waals surface area contributed by atoms with Gasteiger partial charge in [0.2, 0.25) is 0 Å². The van der Waals surface area contributed by atoms with Gasteiger partial charge < -0.3 is 10.2 Å². The van der Waals surface area contributed by atoms with Crippen molar-refractivity contribution in [3.8, 4) is 0 Å². The van der Waals surface area contributed by atoms with Gasteiger partial charge in [-0.15, -0.1) is 24.0 Å². The van der Waals surface area contributed by atoms with E-state index in [2.05, 4.69) is 15.2 Å². The molecule has 0 bridgehead atoms. The Balaban J connectivity index is 0.00000169. The topological polar surface area (TPSA) is 27.6 Å². The van der Waals surface area contributed by atoms with E-state index in [9.17, 15) is 4.39 Å². The molecule has 1 saturated heterocycles. The molecule has 3 fully saturated rings. The number of nitrogens with one attached hydrogen (secondary N) is 1. The molecule has 1 heterocycles. The fraction of sp³-hybridized carbons (Fsp3) is 0.611. The zero-order valence-corrected chi connectivity index (χ0v) is 17.0. The van der Waals surface area contributed by atoms with Crippen molar-refractivity contribution in [1.82, 2.24) is 10.2 Å². The second-order valence-corrected chi connectivity index (χ2v) is 7.71. The van der Waals surface area contributed by atoms with Crippen LogP contribution in [0.3, 0.4) is 0 Å². The SMILES string of the molecule is CN=C(NC1CC1c1c(F)cccc1Cl)N1CCC2(CCC2)C1.I. The van der Waals surface area contributed by atoms with Crippen molar-refractivity contribution in [3.05, 3.63) is 34.6 Å². The summed E-state index contributed by atoms with van der Waals surface area (Å²) in [6.45, 7) is 2.20. The van der Waals surface area contributed by atoms with Gasteiger partial charge in [0.15, 0.2) is 5.96 Å². The van der Waals surface area contributed by atoms with Crippen LogP contribution in [0.5, 0.6) is 0 Å². The Bertz CT molecular complexity index is 627. The number of nitrogens with zero attached hydrogens (tertiary/aromatic N) is 2. The van der Waals surface area contributed by atoms with Crippen molar-refractivity contribution >= 4 is 41.5 Å². The van der Waals surface area contributed by atoms with Gasteiger partial charge in [-0.05, 0) is 43.2 Å². The zero-order valence-electron chi connectivity index (χ0n) is 13.9. The standard InChI is InChI=1S/C18H23ClFN3.HI/c1-21-17(23-9-8-18(11-23)6-3-7-18)22-15-10-12(15)16-13(19)4-2-5-14(16)20;/h2,4-5,12,15H,3,6-11H2,1H3,(H,21,22);1H. The van der Waals surface area contributed by atoms with Crippen molar-refractivity contribution in [2.45, 2.75) is 44.1 Å². The van der Waals surface area contributed by atoms with Crippen molar-refractivity contribution in [3.63, 3.8) is 0 Å². The average Bonchev–Trinajstić information content (AvgIpc) is 3.08. The molecule has 132 valence electrons. The molecule has 0 amide bonds. The summed E-state index contributed by atoms with van der Waals surface area (Å²) in [7, 11) is 1.83. The zero-order chi connectivity index (χ0) is 16.0. The Hall–Kier alpha value is -0.560. The van der Waals surface area contributed by atoms with Gasteiger partial charge in [-0.3, -0.25) is 4.99 Å². The number of hydrogen-bond donors (Lipinski definition) is 1. The minimum Gasteiger partial charge on any atom is -0.353 e. The molecule has 1 spiro atoms. The summed E-state index contributed by atoms with van der Waals surface area (Å²) < 4.78 is 14.0. The molecule has 4 rings (SSSR count). The number of guanidine groups is 1. The van der Waals surface area contributed by atoms with Crippen molar-refractivity contribution < 1.29 is 4.39 Å². The van der Waals surface area contributed by atoms with E-state index < -0.39 is 0 Å². The number of rotatable bonds is 2. The number of aliphatic imine (C=N–C) groups is 1. The quantitative estimate of drug-likeness (QED) is 0.400. The molecule has 2 aliphatic carbocycles. The van der Waals surface area contributed by atoms with Crippen molar-refractivity contribution in [2.24, 2.45) is 10.4 Å². The molecule has 3 aliphatic rings. The van der Waals surface area contributed by atoms with Gasteiger partial charge in [-0.2, -0.15) is 0 Å². The van der Waals surface area contributed by atoms with Crippen molar-refractivity contribution in [1.29, 1.82) is 0 Å². The second-order valence-electron chi connectivity index (χ2n) is 7.30. The summed E-state index contributed by atoms with van der Waals surface area (Å²) in [6.07, 6.45) is 6.28. The van der Waals surface area contributed by atoms with E-state index in [0.29, 0.717) is 16.0 Å². The Labute approximate surface area is 165 Å². The molecule has 1 N–H and O–H groups in total. The van der Waals surface area contributed by atoms with Crippen LogP contribution in [-0.4, -0.2) is 37.0 Å². The molecule has 24 heavy (non-hydrogen) atoms. The van der Waals surface area contributed by atoms with Crippen LogP contribution in [0.4, 0.5) is 4.39 Å². The minimum absolute atomic E-state index is 0. The van der Waals surface area contributed by atoms with E-state index >= 15 is 0 Å². The summed E-state index contributed by atoms with van der Waals surface area (Å²) in [5.74, 6) is 0.922. The first kappa shape index (κ1) is 18.2. The van der Waals surface area contributed by atoms with E-state index in [1.54, 1.807) is 12.1 Å². The summed E-state index contributed by atoms with van der Waals surface area (Å²) in [4.78, 5) is 6.82. The molecule has 6 heteroatoms. The number of halogens is 3. The van der Waals surface area contributed by atoms with Crippen LogP contribution in [-0.2, 0) is 0 Å². The number of likely N-dealkylation sites (tertiary alicyclic amines) is 1. The maximum Gasteiger partial charge on any atom is 0.193 e. The smallest absolute Gasteiger partial charge is 0.193 e. The Kier molecular flexibility index (Phi) is 5.30. The average molecular weight is 464 g/mol. The molecule has 2 atom stereocenters. The van der Waals surface area contributed by atoms with Gasteiger partial charge in [0.1, 0.15) is 5.82 Å². The predicted molar refractivity (Wildman–Crippen MR) is 107 cm³/mol. The number of hydrogen-bond acceptors (Lipinski definition) is 1. The highest BCUT2D eigenvalue weighted by atomic mass is 127. The first-order chi connectivity index (χ1) is 11.1. The normalized spacial score (nSPS) is 27.6. The van der Waals surface area contributed by atoms with Crippen LogP contribution < -0.4 is 5.32 Å². The third kappa shape index (κ3) is 3.26. The highest BCUT2D eigenvalue weighted by Crippen LogP contribution is 2.48. The van der Waals surface area contributed by atoms with Crippen LogP contribution in [0.25, 0.3) is 0 Å². The largest absolute Gasteiger partial charge is 0.353 e. The fourth-order valence-electron chi connectivity index (χ4n) is 4.20. The lowest BCUT2D eigenvalue weighted by atomic mass is 9.68. The summed E-state index contributed by atoms with van der Waals surface area (Å²) in [6, 6.07) is 5.16. The van der Waals surface area contributed by atoms with E-state index in [1.165, 1.54) is 31.7 Å². The molecular weight excluding hydrogens is 440 g/mol. The molecular formula is C18H24ClFIN3. The highest BCUT2D eigenvalue weighted by molar-refractivity contribution is 14.0. The van der Waals surface area contributed by atoms with Crippen LogP contribution in [0.1, 0.15) is 43.6 Å². The monoisotopic (exact) mass is 463 g/mol. The molecule has 1 aromatic carbocycles. The van der Waals surface area contributed by atoms with Gasteiger partial charge in [0, 0.05) is 42.7 Å². The third-order valence-electron chi connectivity index (χ3n) is 5.84. The van der Waals surface area contributed by atoms with E-state index in [1.807, 2.05) is 7.05 Å². The molecule has 1 aromatic rings.